The third-order valence-corrected chi connectivity index (χ3v) is 6.38. The molecule has 1 N–H and O–H groups in total. The molecule has 4 rings (SSSR count). The molecule has 5 heteroatoms. The van der Waals surface area contributed by atoms with Gasteiger partial charge in [0.2, 0.25) is 0 Å². The summed E-state index contributed by atoms with van der Waals surface area (Å²) in [5, 5.41) is 9.35. The molecule has 1 heterocycles. The summed E-state index contributed by atoms with van der Waals surface area (Å²) in [6.45, 7) is 5.17. The Balaban J connectivity index is 1.46. The molecule has 1 atom stereocenters. The lowest BCUT2D eigenvalue weighted by Crippen LogP contribution is -2.23. The molecule has 0 radical (unpaired) electrons. The number of aryl methyl sites for hydroxylation is 2. The van der Waals surface area contributed by atoms with E-state index in [0.29, 0.717) is 6.61 Å². The molecule has 3 aromatic rings. The van der Waals surface area contributed by atoms with Crippen molar-refractivity contribution in [1.29, 1.82) is 0 Å². The fourth-order valence-electron chi connectivity index (χ4n) is 4.67. The van der Waals surface area contributed by atoms with Gasteiger partial charge in [-0.05, 0) is 59.1 Å². The maximum Gasteiger partial charge on any atom is 0.304 e. The topological polar surface area (TPSA) is 64.4 Å². The van der Waals surface area contributed by atoms with Gasteiger partial charge in [0.1, 0.15) is 18.2 Å². The zero-order valence-corrected chi connectivity index (χ0v) is 18.5. The van der Waals surface area contributed by atoms with Crippen LogP contribution in [0.15, 0.2) is 54.9 Å². The summed E-state index contributed by atoms with van der Waals surface area (Å²) in [5.74, 6) is 0.378. The molecule has 2 aromatic carbocycles. The summed E-state index contributed by atoms with van der Waals surface area (Å²) < 4.78 is 7.90. The number of carbonyl (C=O) groups is 1. The first-order valence-corrected chi connectivity index (χ1v) is 10.9. The largest absolute Gasteiger partial charge is 0.489 e. The fourth-order valence-corrected chi connectivity index (χ4v) is 4.67. The molecule has 0 aliphatic heterocycles. The van der Waals surface area contributed by atoms with Crippen molar-refractivity contribution < 1.29 is 14.6 Å². The minimum absolute atomic E-state index is 0.00344. The Bertz CT molecular complexity index is 1070. The van der Waals surface area contributed by atoms with Gasteiger partial charge in [0.25, 0.3) is 0 Å². The first-order chi connectivity index (χ1) is 14.8. The van der Waals surface area contributed by atoms with E-state index in [-0.39, 0.29) is 17.8 Å². The van der Waals surface area contributed by atoms with Crippen molar-refractivity contribution in [2.45, 2.75) is 57.5 Å². The van der Waals surface area contributed by atoms with E-state index in [1.807, 2.05) is 42.1 Å². The van der Waals surface area contributed by atoms with E-state index in [2.05, 4.69) is 37.0 Å². The highest BCUT2D eigenvalue weighted by Gasteiger charge is 2.27. The number of rotatable bonds is 7. The number of carboxylic acid groups (broad SMARTS) is 1. The van der Waals surface area contributed by atoms with Gasteiger partial charge in [0.05, 0.1) is 12.3 Å². The second kappa shape index (κ2) is 8.58. The van der Waals surface area contributed by atoms with Crippen molar-refractivity contribution in [3.05, 3.63) is 82.9 Å². The quantitative estimate of drug-likeness (QED) is 0.571. The first kappa shape index (κ1) is 21.2. The predicted molar refractivity (Wildman–Crippen MR) is 120 cm³/mol. The van der Waals surface area contributed by atoms with E-state index in [0.717, 1.165) is 23.6 Å². The van der Waals surface area contributed by atoms with Gasteiger partial charge < -0.3 is 14.4 Å². The molecule has 1 unspecified atom stereocenters. The second-order valence-corrected chi connectivity index (χ2v) is 9.13. The van der Waals surface area contributed by atoms with E-state index in [1.165, 1.54) is 29.5 Å². The summed E-state index contributed by atoms with van der Waals surface area (Å²) in [4.78, 5) is 15.8. The van der Waals surface area contributed by atoms with Crippen LogP contribution in [0.1, 0.15) is 67.1 Å². The highest BCUT2D eigenvalue weighted by Crippen LogP contribution is 2.37. The summed E-state index contributed by atoms with van der Waals surface area (Å²) in [6.07, 6.45) is 7.14. The number of carboxylic acids is 1. The highest BCUT2D eigenvalue weighted by molar-refractivity contribution is 5.68. The van der Waals surface area contributed by atoms with Crippen molar-refractivity contribution in [3.63, 3.8) is 0 Å². The Labute approximate surface area is 183 Å². The zero-order valence-electron chi connectivity index (χ0n) is 18.5. The highest BCUT2D eigenvalue weighted by atomic mass is 16.5. The van der Waals surface area contributed by atoms with Gasteiger partial charge in [-0.3, -0.25) is 4.79 Å². The first-order valence-electron chi connectivity index (χ1n) is 10.9. The normalized spacial score (nSPS) is 15.8. The van der Waals surface area contributed by atoms with Crippen LogP contribution in [-0.2, 0) is 30.3 Å². The molecule has 0 saturated carbocycles. The number of ether oxygens (including phenoxy) is 1. The van der Waals surface area contributed by atoms with Crippen LogP contribution < -0.4 is 4.74 Å². The minimum Gasteiger partial charge on any atom is -0.489 e. The number of fused-ring (bicyclic) bond motifs is 1. The number of hydrogen-bond donors (Lipinski definition) is 1. The van der Waals surface area contributed by atoms with Crippen LogP contribution in [0.4, 0.5) is 0 Å². The molecular formula is C26H30N2O3. The number of hydrogen-bond acceptors (Lipinski definition) is 3. The Morgan fingerprint density at radius 3 is 2.68 bits per heavy atom. The lowest BCUT2D eigenvalue weighted by atomic mass is 9.72. The van der Waals surface area contributed by atoms with Crippen molar-refractivity contribution in [3.8, 4) is 5.75 Å². The van der Waals surface area contributed by atoms with Crippen molar-refractivity contribution >= 4 is 5.97 Å². The third kappa shape index (κ3) is 4.66. The van der Waals surface area contributed by atoms with E-state index in [4.69, 9.17) is 4.74 Å². The standard InChI is InChI=1S/C26H30N2O3/c1-26(2)12-4-5-20-15-18(6-11-23(20)26)17-31-21-9-7-19(8-10-21)22(16-24(29)30)25-27-13-14-28(25)3/h6-11,13-15,22H,4-5,12,16-17H2,1-3H3,(H,29,30). The molecule has 1 aliphatic rings. The van der Waals surface area contributed by atoms with E-state index in [1.54, 1.807) is 6.20 Å². The van der Waals surface area contributed by atoms with Crippen LogP contribution >= 0.6 is 0 Å². The van der Waals surface area contributed by atoms with Crippen LogP contribution in [0.2, 0.25) is 0 Å². The molecular weight excluding hydrogens is 388 g/mol. The maximum atomic E-state index is 11.4. The molecule has 0 fully saturated rings. The lowest BCUT2D eigenvalue weighted by molar-refractivity contribution is -0.137. The van der Waals surface area contributed by atoms with Crippen molar-refractivity contribution in [2.24, 2.45) is 7.05 Å². The summed E-state index contributed by atoms with van der Waals surface area (Å²) in [6, 6.07) is 14.4. The number of aliphatic carboxylic acids is 1. The molecule has 0 spiro atoms. The molecule has 1 aliphatic carbocycles. The Morgan fingerprint density at radius 1 is 1.23 bits per heavy atom. The number of aromatic nitrogens is 2. The lowest BCUT2D eigenvalue weighted by Gasteiger charge is -2.32. The fraction of sp³-hybridized carbons (Fsp3) is 0.385. The average Bonchev–Trinajstić information content (AvgIpc) is 3.16. The van der Waals surface area contributed by atoms with E-state index < -0.39 is 5.97 Å². The van der Waals surface area contributed by atoms with E-state index >= 15 is 0 Å². The Kier molecular flexibility index (Phi) is 5.86. The van der Waals surface area contributed by atoms with E-state index in [9.17, 15) is 9.90 Å². The minimum atomic E-state index is -0.844. The molecule has 0 saturated heterocycles. The summed E-state index contributed by atoms with van der Waals surface area (Å²) >= 11 is 0. The molecule has 0 amide bonds. The Hall–Kier alpha value is -3.08. The van der Waals surface area contributed by atoms with Gasteiger partial charge in [0, 0.05) is 19.4 Å². The third-order valence-electron chi connectivity index (χ3n) is 6.38. The second-order valence-electron chi connectivity index (χ2n) is 9.13. The van der Waals surface area contributed by atoms with Crippen LogP contribution in [-0.4, -0.2) is 20.6 Å². The number of imidazole rings is 1. The van der Waals surface area contributed by atoms with Gasteiger partial charge >= 0.3 is 5.97 Å². The maximum absolute atomic E-state index is 11.4. The predicted octanol–water partition coefficient (Wildman–Crippen LogP) is 5.22. The van der Waals surface area contributed by atoms with Crippen LogP contribution in [0.25, 0.3) is 0 Å². The molecule has 0 bridgehead atoms. The smallest absolute Gasteiger partial charge is 0.304 e. The molecule has 31 heavy (non-hydrogen) atoms. The van der Waals surface area contributed by atoms with Gasteiger partial charge in [-0.1, -0.05) is 44.2 Å². The summed E-state index contributed by atoms with van der Waals surface area (Å²) in [7, 11) is 1.88. The SMILES string of the molecule is Cn1ccnc1C(CC(=O)O)c1ccc(OCc2ccc3c(c2)CCCC3(C)C)cc1. The van der Waals surface area contributed by atoms with Crippen molar-refractivity contribution in [1.82, 2.24) is 9.55 Å². The van der Waals surface area contributed by atoms with Gasteiger partial charge in [0.15, 0.2) is 0 Å². The molecule has 162 valence electrons. The van der Waals surface area contributed by atoms with Crippen LogP contribution in [0.3, 0.4) is 0 Å². The molecule has 1 aromatic heterocycles. The average molecular weight is 419 g/mol. The molecule has 5 nitrogen and oxygen atoms in total. The van der Waals surface area contributed by atoms with Gasteiger partial charge in [-0.25, -0.2) is 4.98 Å². The summed E-state index contributed by atoms with van der Waals surface area (Å²) in [5.41, 5.74) is 5.25. The van der Waals surface area contributed by atoms with Gasteiger partial charge in [-0.2, -0.15) is 0 Å². The van der Waals surface area contributed by atoms with Crippen LogP contribution in [0, 0.1) is 0 Å². The van der Waals surface area contributed by atoms with Crippen molar-refractivity contribution in [2.75, 3.05) is 0 Å². The number of benzene rings is 2. The zero-order chi connectivity index (χ0) is 22.0. The number of nitrogens with zero attached hydrogens (tertiary/aromatic N) is 2. The van der Waals surface area contributed by atoms with Crippen LogP contribution in [0.5, 0.6) is 5.75 Å². The van der Waals surface area contributed by atoms with Gasteiger partial charge in [-0.15, -0.1) is 0 Å². The monoisotopic (exact) mass is 418 g/mol. The Morgan fingerprint density at radius 2 is 2.00 bits per heavy atom.